The Hall–Kier alpha value is -2.97. The molecule has 0 spiro atoms. The number of hydrogen-bond donors (Lipinski definition) is 1. The van der Waals surface area contributed by atoms with Crippen LogP contribution in [0.4, 0.5) is 0 Å². The van der Waals surface area contributed by atoms with E-state index in [0.717, 1.165) is 24.1 Å². The Morgan fingerprint density at radius 1 is 0.926 bits per heavy atom. The summed E-state index contributed by atoms with van der Waals surface area (Å²) in [4.78, 5) is 2.20. The molecule has 0 bridgehead atoms. The summed E-state index contributed by atoms with van der Waals surface area (Å²) in [5.41, 5.74) is 6.41. The standard InChI is InChI=1S/C25H24N2/c1-27(2)17-21-13-8-14-22(21)23-15-19-11-6-7-12-20(19)16-24(23)25(26)18-9-4-3-5-10-18/h3-13,15-16,26H,14,17H2,1-2H3. The van der Waals surface area contributed by atoms with Crippen LogP contribution in [0.5, 0.6) is 0 Å². The van der Waals surface area contributed by atoms with E-state index in [2.05, 4.69) is 67.5 Å². The number of rotatable bonds is 5. The Bertz CT molecular complexity index is 1060. The SMILES string of the molecule is CN(C)CC1=C(c2cc3ccccc3cc2C(=N)c2ccccc2)CC=C1. The summed E-state index contributed by atoms with van der Waals surface area (Å²) in [5, 5.41) is 11.3. The first-order chi connectivity index (χ1) is 13.1. The summed E-state index contributed by atoms with van der Waals surface area (Å²) in [7, 11) is 4.20. The molecule has 4 rings (SSSR count). The van der Waals surface area contributed by atoms with E-state index in [4.69, 9.17) is 5.41 Å². The second kappa shape index (κ2) is 7.34. The van der Waals surface area contributed by atoms with Crippen LogP contribution in [0, 0.1) is 5.41 Å². The lowest BCUT2D eigenvalue weighted by molar-refractivity contribution is 0.450. The minimum absolute atomic E-state index is 0.583. The number of hydrogen-bond acceptors (Lipinski definition) is 2. The van der Waals surface area contributed by atoms with Crippen LogP contribution in [0.2, 0.25) is 0 Å². The molecule has 0 atom stereocenters. The molecule has 2 nitrogen and oxygen atoms in total. The van der Waals surface area contributed by atoms with E-state index in [-0.39, 0.29) is 0 Å². The Morgan fingerprint density at radius 3 is 2.30 bits per heavy atom. The van der Waals surface area contributed by atoms with Gasteiger partial charge in [-0.3, -0.25) is 5.41 Å². The molecule has 3 aromatic carbocycles. The van der Waals surface area contributed by atoms with Crippen molar-refractivity contribution in [1.82, 2.24) is 4.90 Å². The molecule has 1 aliphatic carbocycles. The van der Waals surface area contributed by atoms with Crippen molar-refractivity contribution >= 4 is 22.1 Å². The second-order valence-electron chi connectivity index (χ2n) is 7.33. The number of nitrogens with one attached hydrogen (secondary N) is 1. The molecule has 0 saturated carbocycles. The molecule has 2 heteroatoms. The largest absolute Gasteiger partial charge is 0.305 e. The molecule has 0 fully saturated rings. The highest BCUT2D eigenvalue weighted by atomic mass is 15.0. The second-order valence-corrected chi connectivity index (χ2v) is 7.33. The molecular weight excluding hydrogens is 328 g/mol. The van der Waals surface area contributed by atoms with Gasteiger partial charge >= 0.3 is 0 Å². The van der Waals surface area contributed by atoms with Crippen molar-refractivity contribution in [3.63, 3.8) is 0 Å². The molecule has 0 saturated heterocycles. The normalized spacial score (nSPS) is 13.7. The van der Waals surface area contributed by atoms with Gasteiger partial charge in [-0.2, -0.15) is 0 Å². The van der Waals surface area contributed by atoms with E-state index in [0.29, 0.717) is 5.71 Å². The molecule has 0 aromatic heterocycles. The molecule has 3 aromatic rings. The average Bonchev–Trinajstić information content (AvgIpc) is 3.14. The van der Waals surface area contributed by atoms with Crippen LogP contribution in [0.15, 0.2) is 84.5 Å². The van der Waals surface area contributed by atoms with E-state index >= 15 is 0 Å². The highest BCUT2D eigenvalue weighted by Crippen LogP contribution is 2.34. The molecule has 27 heavy (non-hydrogen) atoms. The predicted molar refractivity (Wildman–Crippen MR) is 116 cm³/mol. The molecule has 0 radical (unpaired) electrons. The number of benzene rings is 3. The van der Waals surface area contributed by atoms with Crippen molar-refractivity contribution in [1.29, 1.82) is 5.41 Å². The lowest BCUT2D eigenvalue weighted by atomic mass is 9.88. The van der Waals surface area contributed by atoms with Gasteiger partial charge in [-0.15, -0.1) is 0 Å². The van der Waals surface area contributed by atoms with E-state index in [1.807, 2.05) is 30.3 Å². The van der Waals surface area contributed by atoms with Gasteiger partial charge in [-0.05, 0) is 60.1 Å². The van der Waals surface area contributed by atoms with Crippen molar-refractivity contribution < 1.29 is 0 Å². The van der Waals surface area contributed by atoms with Crippen molar-refractivity contribution in [2.75, 3.05) is 20.6 Å². The predicted octanol–water partition coefficient (Wildman–Crippen LogP) is 5.53. The topological polar surface area (TPSA) is 27.1 Å². The van der Waals surface area contributed by atoms with Gasteiger partial charge in [-0.25, -0.2) is 0 Å². The average molecular weight is 352 g/mol. The monoisotopic (exact) mass is 352 g/mol. The lowest BCUT2D eigenvalue weighted by Gasteiger charge is -2.18. The van der Waals surface area contributed by atoms with E-state index in [1.54, 1.807) is 0 Å². The third-order valence-electron chi connectivity index (χ3n) is 5.06. The Balaban J connectivity index is 1.92. The summed E-state index contributed by atoms with van der Waals surface area (Å²) in [6.07, 6.45) is 5.40. The maximum absolute atomic E-state index is 8.90. The summed E-state index contributed by atoms with van der Waals surface area (Å²) in [5.74, 6) is 0. The van der Waals surface area contributed by atoms with Gasteiger partial charge in [0.15, 0.2) is 0 Å². The van der Waals surface area contributed by atoms with E-state index in [9.17, 15) is 0 Å². The summed E-state index contributed by atoms with van der Waals surface area (Å²) in [6, 6.07) is 22.9. The van der Waals surface area contributed by atoms with Gasteiger partial charge in [-0.1, -0.05) is 66.7 Å². The Labute approximate surface area is 161 Å². The molecule has 1 aliphatic rings. The molecule has 0 unspecified atom stereocenters. The minimum atomic E-state index is 0.583. The minimum Gasteiger partial charge on any atom is -0.305 e. The van der Waals surface area contributed by atoms with E-state index in [1.165, 1.54) is 27.5 Å². The molecule has 0 aliphatic heterocycles. The number of likely N-dealkylation sites (N-methyl/N-ethyl adjacent to an activating group) is 1. The first-order valence-electron chi connectivity index (χ1n) is 9.34. The fourth-order valence-electron chi connectivity index (χ4n) is 3.78. The van der Waals surface area contributed by atoms with Crippen molar-refractivity contribution in [2.45, 2.75) is 6.42 Å². The highest BCUT2D eigenvalue weighted by molar-refractivity contribution is 6.15. The fourth-order valence-corrected chi connectivity index (χ4v) is 3.78. The van der Waals surface area contributed by atoms with Crippen LogP contribution in [0.1, 0.15) is 23.1 Å². The summed E-state index contributed by atoms with van der Waals surface area (Å²) >= 11 is 0. The van der Waals surface area contributed by atoms with Crippen LogP contribution >= 0.6 is 0 Å². The van der Waals surface area contributed by atoms with Gasteiger partial charge < -0.3 is 4.90 Å². The maximum Gasteiger partial charge on any atom is 0.0690 e. The van der Waals surface area contributed by atoms with Crippen molar-refractivity contribution in [3.8, 4) is 0 Å². The first-order valence-corrected chi connectivity index (χ1v) is 9.34. The van der Waals surface area contributed by atoms with Crippen LogP contribution in [-0.4, -0.2) is 31.3 Å². The van der Waals surface area contributed by atoms with Crippen LogP contribution in [0.25, 0.3) is 16.3 Å². The third-order valence-corrected chi connectivity index (χ3v) is 5.06. The number of allylic oxidation sites excluding steroid dienone is 2. The summed E-state index contributed by atoms with van der Waals surface area (Å²) < 4.78 is 0. The first kappa shape index (κ1) is 17.4. The lowest BCUT2D eigenvalue weighted by Crippen LogP contribution is -2.15. The maximum atomic E-state index is 8.90. The van der Waals surface area contributed by atoms with Gasteiger partial charge in [0.25, 0.3) is 0 Å². The van der Waals surface area contributed by atoms with Gasteiger partial charge in [0.2, 0.25) is 0 Å². The van der Waals surface area contributed by atoms with Gasteiger partial charge in [0, 0.05) is 17.7 Å². The van der Waals surface area contributed by atoms with Crippen LogP contribution < -0.4 is 0 Å². The van der Waals surface area contributed by atoms with Crippen molar-refractivity contribution in [3.05, 3.63) is 101 Å². The Morgan fingerprint density at radius 2 is 1.59 bits per heavy atom. The quantitative estimate of drug-likeness (QED) is 0.601. The van der Waals surface area contributed by atoms with Gasteiger partial charge in [0.05, 0.1) is 5.71 Å². The van der Waals surface area contributed by atoms with Crippen molar-refractivity contribution in [2.24, 2.45) is 0 Å². The smallest absolute Gasteiger partial charge is 0.0690 e. The van der Waals surface area contributed by atoms with Crippen LogP contribution in [-0.2, 0) is 0 Å². The molecular formula is C25H24N2. The molecule has 0 heterocycles. The number of nitrogens with zero attached hydrogens (tertiary/aromatic N) is 1. The molecule has 0 amide bonds. The zero-order chi connectivity index (χ0) is 18.8. The van der Waals surface area contributed by atoms with Gasteiger partial charge in [0.1, 0.15) is 0 Å². The van der Waals surface area contributed by atoms with Crippen LogP contribution in [0.3, 0.4) is 0 Å². The van der Waals surface area contributed by atoms with E-state index < -0.39 is 0 Å². The fraction of sp³-hybridized carbons (Fsp3) is 0.160. The molecule has 1 N–H and O–H groups in total. The zero-order valence-corrected chi connectivity index (χ0v) is 15.9. The molecule has 134 valence electrons. The zero-order valence-electron chi connectivity index (χ0n) is 15.9. The highest BCUT2D eigenvalue weighted by Gasteiger charge is 2.19. The summed E-state index contributed by atoms with van der Waals surface area (Å²) in [6.45, 7) is 0.913. The number of fused-ring (bicyclic) bond motifs is 1. The third kappa shape index (κ3) is 3.49. The Kier molecular flexibility index (Phi) is 4.74.